The van der Waals surface area contributed by atoms with Crippen molar-refractivity contribution in [2.45, 2.75) is 19.5 Å². The van der Waals surface area contributed by atoms with Gasteiger partial charge in [-0.05, 0) is 30.7 Å². The van der Waals surface area contributed by atoms with Crippen molar-refractivity contribution in [2.75, 3.05) is 6.61 Å². The fraction of sp³-hybridized carbons (Fsp3) is 0.190. The van der Waals surface area contributed by atoms with Gasteiger partial charge < -0.3 is 10.4 Å². The van der Waals surface area contributed by atoms with Gasteiger partial charge in [-0.2, -0.15) is 5.10 Å². The molecule has 0 saturated carbocycles. The molecule has 0 aliphatic rings. The normalized spacial score (nSPS) is 12.2. The largest absolute Gasteiger partial charge is 0.394 e. The van der Waals surface area contributed by atoms with Crippen LogP contribution in [0.2, 0.25) is 0 Å². The number of nitrogens with zero attached hydrogens (tertiary/aromatic N) is 3. The number of carbonyl (C=O) groups is 1. The van der Waals surface area contributed by atoms with Gasteiger partial charge in [0.05, 0.1) is 13.2 Å². The summed E-state index contributed by atoms with van der Waals surface area (Å²) in [5.41, 5.74) is 3.61. The molecule has 3 rings (SSSR count). The summed E-state index contributed by atoms with van der Waals surface area (Å²) in [6.07, 6.45) is 8.56. The zero-order valence-electron chi connectivity index (χ0n) is 15.1. The van der Waals surface area contributed by atoms with Crippen LogP contribution >= 0.6 is 0 Å². The van der Waals surface area contributed by atoms with Crippen molar-refractivity contribution in [3.63, 3.8) is 0 Å². The van der Waals surface area contributed by atoms with Crippen LogP contribution in [0.1, 0.15) is 18.1 Å². The highest BCUT2D eigenvalue weighted by molar-refractivity contribution is 5.92. The summed E-state index contributed by atoms with van der Waals surface area (Å²) in [5, 5.41) is 16.4. The van der Waals surface area contributed by atoms with Crippen molar-refractivity contribution in [3.8, 4) is 11.3 Å². The Morgan fingerprint density at radius 3 is 2.78 bits per heavy atom. The average molecular weight is 362 g/mol. The van der Waals surface area contributed by atoms with Crippen molar-refractivity contribution in [3.05, 3.63) is 78.3 Å². The van der Waals surface area contributed by atoms with E-state index in [1.54, 1.807) is 25.4 Å². The maximum atomic E-state index is 12.0. The van der Waals surface area contributed by atoms with Crippen LogP contribution in [0.25, 0.3) is 17.3 Å². The Hall–Kier alpha value is -3.25. The van der Waals surface area contributed by atoms with E-state index >= 15 is 0 Å². The van der Waals surface area contributed by atoms with Crippen molar-refractivity contribution in [2.24, 2.45) is 0 Å². The monoisotopic (exact) mass is 362 g/mol. The lowest BCUT2D eigenvalue weighted by Gasteiger charge is -2.07. The molecular weight excluding hydrogens is 340 g/mol. The molecule has 138 valence electrons. The molecule has 6 heteroatoms. The quantitative estimate of drug-likeness (QED) is 0.633. The molecule has 1 unspecified atom stereocenters. The molecule has 27 heavy (non-hydrogen) atoms. The predicted molar refractivity (Wildman–Crippen MR) is 105 cm³/mol. The maximum Gasteiger partial charge on any atom is 0.244 e. The number of benzene rings is 1. The van der Waals surface area contributed by atoms with Gasteiger partial charge in [-0.1, -0.05) is 30.3 Å². The van der Waals surface area contributed by atoms with E-state index in [9.17, 15) is 4.79 Å². The minimum absolute atomic E-state index is 0.102. The number of hydrogen-bond donors (Lipinski definition) is 2. The van der Waals surface area contributed by atoms with Crippen LogP contribution in [0.5, 0.6) is 0 Å². The van der Waals surface area contributed by atoms with E-state index in [4.69, 9.17) is 5.11 Å². The molecule has 0 saturated heterocycles. The molecule has 6 nitrogen and oxygen atoms in total. The summed E-state index contributed by atoms with van der Waals surface area (Å²) in [6, 6.07) is 13.6. The first-order chi connectivity index (χ1) is 13.2. The Morgan fingerprint density at radius 2 is 2.07 bits per heavy atom. The lowest BCUT2D eigenvalue weighted by molar-refractivity contribution is -0.117. The highest BCUT2D eigenvalue weighted by atomic mass is 16.3. The molecule has 1 atom stereocenters. The average Bonchev–Trinajstić information content (AvgIpc) is 3.10. The Labute approximate surface area is 158 Å². The van der Waals surface area contributed by atoms with Crippen LogP contribution in [0.4, 0.5) is 0 Å². The first-order valence-corrected chi connectivity index (χ1v) is 8.77. The number of aliphatic hydroxyl groups is 1. The molecule has 0 aliphatic carbocycles. The third-order valence-electron chi connectivity index (χ3n) is 3.99. The van der Waals surface area contributed by atoms with Gasteiger partial charge in [-0.25, -0.2) is 0 Å². The number of aliphatic hydroxyl groups excluding tert-OH is 1. The fourth-order valence-corrected chi connectivity index (χ4v) is 2.64. The minimum atomic E-state index is -0.291. The van der Waals surface area contributed by atoms with E-state index in [1.165, 1.54) is 6.08 Å². The molecule has 0 radical (unpaired) electrons. The Kier molecular flexibility index (Phi) is 6.12. The second kappa shape index (κ2) is 8.91. The van der Waals surface area contributed by atoms with Crippen molar-refractivity contribution in [1.29, 1.82) is 0 Å². The second-order valence-electron chi connectivity index (χ2n) is 6.28. The number of hydrogen-bond acceptors (Lipinski definition) is 4. The van der Waals surface area contributed by atoms with Gasteiger partial charge in [0.25, 0.3) is 0 Å². The van der Waals surface area contributed by atoms with Gasteiger partial charge in [-0.3, -0.25) is 14.5 Å². The molecule has 2 N–H and O–H groups in total. The highest BCUT2D eigenvalue weighted by Gasteiger charge is 2.11. The molecule has 2 aromatic heterocycles. The molecular formula is C21H22N4O2. The first kappa shape index (κ1) is 18.5. The summed E-state index contributed by atoms with van der Waals surface area (Å²) in [6.45, 7) is 2.27. The Balaban J connectivity index is 1.87. The third-order valence-corrected chi connectivity index (χ3v) is 3.99. The Morgan fingerprint density at radius 1 is 1.26 bits per heavy atom. The maximum absolute atomic E-state index is 12.0. The van der Waals surface area contributed by atoms with Gasteiger partial charge in [0.15, 0.2) is 0 Å². The zero-order valence-corrected chi connectivity index (χ0v) is 15.1. The molecule has 1 aromatic carbocycles. The third kappa shape index (κ3) is 5.12. The van der Waals surface area contributed by atoms with E-state index in [2.05, 4.69) is 15.4 Å². The van der Waals surface area contributed by atoms with Gasteiger partial charge in [0.2, 0.25) is 5.91 Å². The Bertz CT molecular complexity index is 904. The summed E-state index contributed by atoms with van der Waals surface area (Å²) in [4.78, 5) is 16.1. The lowest BCUT2D eigenvalue weighted by Crippen LogP contribution is -2.33. The number of aromatic nitrogens is 3. The molecule has 0 bridgehead atoms. The van der Waals surface area contributed by atoms with Crippen molar-refractivity contribution >= 4 is 12.0 Å². The minimum Gasteiger partial charge on any atom is -0.394 e. The predicted octanol–water partition coefficient (Wildman–Crippen LogP) is 2.50. The smallest absolute Gasteiger partial charge is 0.244 e. The fourth-order valence-electron chi connectivity index (χ4n) is 2.64. The number of amides is 1. The topological polar surface area (TPSA) is 80.0 Å². The van der Waals surface area contributed by atoms with Gasteiger partial charge >= 0.3 is 0 Å². The van der Waals surface area contributed by atoms with E-state index in [1.807, 2.05) is 53.3 Å². The van der Waals surface area contributed by atoms with E-state index < -0.39 is 0 Å². The second-order valence-corrected chi connectivity index (χ2v) is 6.28. The van der Waals surface area contributed by atoms with Crippen molar-refractivity contribution < 1.29 is 9.90 Å². The van der Waals surface area contributed by atoms with E-state index in [0.29, 0.717) is 6.54 Å². The molecule has 0 fully saturated rings. The summed E-state index contributed by atoms with van der Waals surface area (Å²) >= 11 is 0. The number of pyridine rings is 1. The molecule has 0 aliphatic heterocycles. The van der Waals surface area contributed by atoms with Crippen LogP contribution < -0.4 is 5.32 Å². The van der Waals surface area contributed by atoms with Crippen LogP contribution in [0.3, 0.4) is 0 Å². The van der Waals surface area contributed by atoms with E-state index in [-0.39, 0.29) is 18.6 Å². The van der Waals surface area contributed by atoms with Crippen LogP contribution in [0.15, 0.2) is 67.1 Å². The zero-order chi connectivity index (χ0) is 19.1. The number of rotatable bonds is 7. The summed E-state index contributed by atoms with van der Waals surface area (Å²) in [5.74, 6) is -0.260. The summed E-state index contributed by atoms with van der Waals surface area (Å²) in [7, 11) is 0. The molecule has 1 amide bonds. The van der Waals surface area contributed by atoms with Crippen LogP contribution in [-0.2, 0) is 11.3 Å². The van der Waals surface area contributed by atoms with Crippen LogP contribution in [-0.4, -0.2) is 38.4 Å². The molecule has 2 heterocycles. The molecule has 3 aromatic rings. The first-order valence-electron chi connectivity index (χ1n) is 8.77. The van der Waals surface area contributed by atoms with Gasteiger partial charge in [0.1, 0.15) is 5.69 Å². The number of carbonyl (C=O) groups excluding carboxylic acids is 1. The van der Waals surface area contributed by atoms with Gasteiger partial charge in [-0.15, -0.1) is 0 Å². The summed E-state index contributed by atoms with van der Waals surface area (Å²) < 4.78 is 1.85. The number of nitrogens with one attached hydrogen (secondary N) is 1. The SMILES string of the molecule is CC(CO)NC(=O)/C=C/c1cn(Cc2ccccc2)nc1-c1cccnc1. The van der Waals surface area contributed by atoms with Crippen LogP contribution in [0, 0.1) is 0 Å². The lowest BCUT2D eigenvalue weighted by atomic mass is 10.1. The highest BCUT2D eigenvalue weighted by Crippen LogP contribution is 2.23. The van der Waals surface area contributed by atoms with Crippen molar-refractivity contribution in [1.82, 2.24) is 20.1 Å². The van der Waals surface area contributed by atoms with Gasteiger partial charge in [0, 0.05) is 41.8 Å². The standard InChI is InChI=1S/C21H22N4O2/c1-16(15-26)23-20(27)10-9-19-14-25(13-17-6-3-2-4-7-17)24-21(19)18-8-5-11-22-12-18/h2-12,14,16,26H,13,15H2,1H3,(H,23,27)/b10-9+. The van der Waals surface area contributed by atoms with E-state index in [0.717, 1.165) is 22.4 Å². The molecule has 0 spiro atoms.